The molecule has 0 aromatic heterocycles. The minimum absolute atomic E-state index is 0.136. The van der Waals surface area contributed by atoms with Crippen LogP contribution in [0, 0.1) is 5.82 Å². The molecule has 0 amide bonds. The summed E-state index contributed by atoms with van der Waals surface area (Å²) in [6, 6.07) is 6.56. The van der Waals surface area contributed by atoms with Crippen molar-refractivity contribution in [1.29, 1.82) is 0 Å². The smallest absolute Gasteiger partial charge is 0.322 e. The van der Waals surface area contributed by atoms with Crippen LogP contribution in [0.1, 0.15) is 24.3 Å². The molecule has 1 fully saturated rings. The monoisotopic (exact) mass is 237 g/mol. The molecule has 2 rings (SSSR count). The van der Waals surface area contributed by atoms with Crippen molar-refractivity contribution in [2.75, 3.05) is 13.7 Å². The Hall–Kier alpha value is -1.42. The van der Waals surface area contributed by atoms with Crippen LogP contribution >= 0.6 is 0 Å². The molecule has 0 radical (unpaired) electrons. The number of benzene rings is 1. The van der Waals surface area contributed by atoms with Gasteiger partial charge in [-0.15, -0.1) is 0 Å². The van der Waals surface area contributed by atoms with Crippen molar-refractivity contribution >= 4 is 5.97 Å². The summed E-state index contributed by atoms with van der Waals surface area (Å²) in [5.41, 5.74) is 0.725. The number of nitrogens with one attached hydrogen (secondary N) is 1. The van der Waals surface area contributed by atoms with Gasteiger partial charge < -0.3 is 10.1 Å². The highest BCUT2D eigenvalue weighted by Crippen LogP contribution is 2.27. The number of piperidine rings is 1. The lowest BCUT2D eigenvalue weighted by molar-refractivity contribution is -0.143. The van der Waals surface area contributed by atoms with Crippen molar-refractivity contribution in [1.82, 2.24) is 5.32 Å². The summed E-state index contributed by atoms with van der Waals surface area (Å²) >= 11 is 0. The molecule has 4 heteroatoms. The molecule has 0 aliphatic carbocycles. The molecule has 0 unspecified atom stereocenters. The summed E-state index contributed by atoms with van der Waals surface area (Å²) in [6.07, 6.45) is 1.49. The standard InChI is InChI=1S/C13H16FNO2/c1-17-13(16)12-7-6-9(8-15-12)10-4-2-3-5-11(10)14/h2-5,9,12,15H,6-8H2,1H3/t9-,12-/m1/s1. The molecule has 1 N–H and O–H groups in total. The Morgan fingerprint density at radius 1 is 1.41 bits per heavy atom. The average molecular weight is 237 g/mol. The van der Waals surface area contributed by atoms with Gasteiger partial charge in [-0.1, -0.05) is 18.2 Å². The fourth-order valence-corrected chi connectivity index (χ4v) is 2.27. The fourth-order valence-electron chi connectivity index (χ4n) is 2.27. The maximum Gasteiger partial charge on any atom is 0.322 e. The highest BCUT2D eigenvalue weighted by atomic mass is 19.1. The van der Waals surface area contributed by atoms with Crippen LogP contribution in [-0.2, 0) is 9.53 Å². The van der Waals surface area contributed by atoms with Crippen LogP contribution in [0.25, 0.3) is 0 Å². The molecular weight excluding hydrogens is 221 g/mol. The summed E-state index contributed by atoms with van der Waals surface area (Å²) < 4.78 is 18.3. The molecular formula is C13H16FNO2. The average Bonchev–Trinajstić information content (AvgIpc) is 2.39. The zero-order valence-corrected chi connectivity index (χ0v) is 9.78. The van der Waals surface area contributed by atoms with Crippen LogP contribution < -0.4 is 5.32 Å². The van der Waals surface area contributed by atoms with Gasteiger partial charge in [-0.3, -0.25) is 4.79 Å². The van der Waals surface area contributed by atoms with Gasteiger partial charge in [0.1, 0.15) is 11.9 Å². The summed E-state index contributed by atoms with van der Waals surface area (Å²) in [5.74, 6) is -0.273. The molecule has 1 saturated heterocycles. The molecule has 92 valence electrons. The second-order valence-corrected chi connectivity index (χ2v) is 4.28. The van der Waals surface area contributed by atoms with E-state index in [0.717, 1.165) is 12.0 Å². The van der Waals surface area contributed by atoms with E-state index >= 15 is 0 Å². The zero-order valence-electron chi connectivity index (χ0n) is 9.78. The number of ether oxygens (including phenoxy) is 1. The second kappa shape index (κ2) is 5.27. The minimum Gasteiger partial charge on any atom is -0.468 e. The highest BCUT2D eigenvalue weighted by Gasteiger charge is 2.27. The third kappa shape index (κ3) is 2.64. The number of hydrogen-bond acceptors (Lipinski definition) is 3. The fraction of sp³-hybridized carbons (Fsp3) is 0.462. The Bertz CT molecular complexity index is 400. The third-order valence-corrected chi connectivity index (χ3v) is 3.25. The number of carbonyl (C=O) groups is 1. The number of esters is 1. The number of hydrogen-bond donors (Lipinski definition) is 1. The second-order valence-electron chi connectivity index (χ2n) is 4.28. The first-order chi connectivity index (χ1) is 8.22. The predicted octanol–water partition coefficient (Wildman–Crippen LogP) is 1.83. The SMILES string of the molecule is COC(=O)[C@H]1CC[C@@H](c2ccccc2F)CN1. The normalized spacial score (nSPS) is 24.4. The van der Waals surface area contributed by atoms with Gasteiger partial charge in [0.15, 0.2) is 0 Å². The molecule has 0 spiro atoms. The highest BCUT2D eigenvalue weighted by molar-refractivity contribution is 5.75. The van der Waals surface area contributed by atoms with Crippen LogP contribution in [0.15, 0.2) is 24.3 Å². The maximum atomic E-state index is 13.6. The Balaban J connectivity index is 2.00. The van der Waals surface area contributed by atoms with Crippen LogP contribution in [0.2, 0.25) is 0 Å². The van der Waals surface area contributed by atoms with Gasteiger partial charge in [-0.05, 0) is 30.4 Å². The van der Waals surface area contributed by atoms with E-state index in [2.05, 4.69) is 10.1 Å². The first kappa shape index (κ1) is 12.0. The first-order valence-electron chi connectivity index (χ1n) is 5.78. The van der Waals surface area contributed by atoms with Crippen LogP contribution in [0.4, 0.5) is 4.39 Å². The molecule has 2 atom stereocenters. The molecule has 1 heterocycles. The Morgan fingerprint density at radius 2 is 2.18 bits per heavy atom. The lowest BCUT2D eigenvalue weighted by atomic mass is 9.88. The summed E-state index contributed by atoms with van der Waals surface area (Å²) in [4.78, 5) is 11.3. The van der Waals surface area contributed by atoms with Crippen molar-refractivity contribution in [2.24, 2.45) is 0 Å². The predicted molar refractivity (Wildman–Crippen MR) is 62.2 cm³/mol. The third-order valence-electron chi connectivity index (χ3n) is 3.25. The zero-order chi connectivity index (χ0) is 12.3. The van der Waals surface area contributed by atoms with Gasteiger partial charge in [0.05, 0.1) is 7.11 Å². The van der Waals surface area contributed by atoms with E-state index < -0.39 is 0 Å². The van der Waals surface area contributed by atoms with Gasteiger partial charge in [-0.25, -0.2) is 4.39 Å². The maximum absolute atomic E-state index is 13.6. The van der Waals surface area contributed by atoms with E-state index in [0.29, 0.717) is 13.0 Å². The molecule has 1 aromatic rings. The van der Waals surface area contributed by atoms with E-state index in [1.807, 2.05) is 6.07 Å². The van der Waals surface area contributed by atoms with Crippen molar-refractivity contribution < 1.29 is 13.9 Å². The van der Waals surface area contributed by atoms with Crippen molar-refractivity contribution in [3.8, 4) is 0 Å². The Labute approximate surface area is 100.0 Å². The largest absolute Gasteiger partial charge is 0.468 e. The minimum atomic E-state index is -0.247. The summed E-state index contributed by atoms with van der Waals surface area (Å²) in [6.45, 7) is 0.612. The van der Waals surface area contributed by atoms with Crippen molar-refractivity contribution in [3.05, 3.63) is 35.6 Å². The number of carbonyl (C=O) groups excluding carboxylic acids is 1. The Kier molecular flexibility index (Phi) is 3.74. The number of rotatable bonds is 2. The lowest BCUT2D eigenvalue weighted by Crippen LogP contribution is -2.43. The van der Waals surface area contributed by atoms with Crippen molar-refractivity contribution in [2.45, 2.75) is 24.8 Å². The van der Waals surface area contributed by atoms with Gasteiger partial charge in [-0.2, -0.15) is 0 Å². The van der Waals surface area contributed by atoms with Crippen LogP contribution in [0.3, 0.4) is 0 Å². The Morgan fingerprint density at radius 3 is 2.76 bits per heavy atom. The number of methoxy groups -OCH3 is 1. The quantitative estimate of drug-likeness (QED) is 0.797. The van der Waals surface area contributed by atoms with E-state index in [1.54, 1.807) is 12.1 Å². The van der Waals surface area contributed by atoms with Gasteiger partial charge in [0.2, 0.25) is 0 Å². The topological polar surface area (TPSA) is 38.3 Å². The molecule has 17 heavy (non-hydrogen) atoms. The summed E-state index contributed by atoms with van der Waals surface area (Å²) in [5, 5.41) is 3.10. The molecule has 3 nitrogen and oxygen atoms in total. The van der Waals surface area contributed by atoms with E-state index in [1.165, 1.54) is 13.2 Å². The molecule has 0 saturated carbocycles. The molecule has 1 aromatic carbocycles. The lowest BCUT2D eigenvalue weighted by Gasteiger charge is -2.28. The van der Waals surface area contributed by atoms with Crippen LogP contribution in [-0.4, -0.2) is 25.7 Å². The molecule has 0 bridgehead atoms. The van der Waals surface area contributed by atoms with E-state index in [-0.39, 0.29) is 23.7 Å². The molecule has 1 aliphatic heterocycles. The van der Waals surface area contributed by atoms with E-state index in [9.17, 15) is 9.18 Å². The van der Waals surface area contributed by atoms with Crippen molar-refractivity contribution in [3.63, 3.8) is 0 Å². The van der Waals surface area contributed by atoms with Crippen LogP contribution in [0.5, 0.6) is 0 Å². The molecule has 1 aliphatic rings. The number of halogens is 1. The van der Waals surface area contributed by atoms with E-state index in [4.69, 9.17) is 0 Å². The van der Waals surface area contributed by atoms with Gasteiger partial charge in [0.25, 0.3) is 0 Å². The first-order valence-corrected chi connectivity index (χ1v) is 5.78. The van der Waals surface area contributed by atoms with Gasteiger partial charge in [0, 0.05) is 6.54 Å². The summed E-state index contributed by atoms with van der Waals surface area (Å²) in [7, 11) is 1.38. The van der Waals surface area contributed by atoms with Gasteiger partial charge >= 0.3 is 5.97 Å².